The quantitative estimate of drug-likeness (QED) is 0.215. The van der Waals surface area contributed by atoms with E-state index in [0.717, 1.165) is 26.9 Å². The van der Waals surface area contributed by atoms with Crippen LogP contribution in [0, 0.1) is 0 Å². The van der Waals surface area contributed by atoms with E-state index in [-0.39, 0.29) is 31.9 Å². The fourth-order valence-corrected chi connectivity index (χ4v) is 5.08. The monoisotopic (exact) mass is 552 g/mol. The second kappa shape index (κ2) is 12.8. The third-order valence-corrected chi connectivity index (χ3v) is 7.44. The van der Waals surface area contributed by atoms with Crippen LogP contribution < -0.4 is 20.7 Å². The van der Waals surface area contributed by atoms with Crippen molar-refractivity contribution in [3.8, 4) is 5.75 Å². The van der Waals surface area contributed by atoms with E-state index in [2.05, 4.69) is 10.3 Å². The summed E-state index contributed by atoms with van der Waals surface area (Å²) < 4.78 is 5.89. The number of amides is 2. The topological polar surface area (TPSA) is 97.6 Å². The highest BCUT2D eigenvalue weighted by atomic mass is 35.5. The van der Waals surface area contributed by atoms with Crippen molar-refractivity contribution in [2.75, 3.05) is 17.7 Å². The van der Waals surface area contributed by atoms with Gasteiger partial charge in [-0.05, 0) is 67.6 Å². The lowest BCUT2D eigenvalue weighted by molar-refractivity contribution is 0.0986. The van der Waals surface area contributed by atoms with Gasteiger partial charge in [0.05, 0.1) is 14.8 Å². The van der Waals surface area contributed by atoms with E-state index < -0.39 is 0 Å². The summed E-state index contributed by atoms with van der Waals surface area (Å²) in [4.78, 5) is 32.1. The molecule has 38 heavy (non-hydrogen) atoms. The van der Waals surface area contributed by atoms with E-state index >= 15 is 0 Å². The number of aromatic nitrogens is 1. The molecule has 0 unspecified atom stereocenters. The Kier molecular flexibility index (Phi) is 9.72. The SMILES string of the molecule is C.CC(C)NC(=O)N(C)c1ccc(OCc2sc(C(=O)CCc3ccc4c(N)nccc4c3)cc2Cl)cc1. The predicted molar refractivity (Wildman–Crippen MR) is 158 cm³/mol. The lowest BCUT2D eigenvalue weighted by Crippen LogP contribution is -2.40. The van der Waals surface area contributed by atoms with Crippen molar-refractivity contribution >= 4 is 57.0 Å². The molecule has 0 aliphatic heterocycles. The number of Topliss-reactive ketones (excluding diaryl/α,β-unsaturated/α-hetero) is 1. The Morgan fingerprint density at radius 1 is 1.13 bits per heavy atom. The van der Waals surface area contributed by atoms with Crippen molar-refractivity contribution in [1.29, 1.82) is 0 Å². The number of carbonyl (C=O) groups is 2. The number of nitrogen functional groups attached to an aromatic ring is 1. The number of ketones is 1. The van der Waals surface area contributed by atoms with Crippen LogP contribution in [-0.2, 0) is 13.0 Å². The summed E-state index contributed by atoms with van der Waals surface area (Å²) in [6, 6.07) is 16.7. The highest BCUT2D eigenvalue weighted by Crippen LogP contribution is 2.30. The largest absolute Gasteiger partial charge is 0.488 e. The van der Waals surface area contributed by atoms with Crippen LogP contribution in [0.5, 0.6) is 5.75 Å². The van der Waals surface area contributed by atoms with Gasteiger partial charge < -0.3 is 15.8 Å². The predicted octanol–water partition coefficient (Wildman–Crippen LogP) is 7.12. The normalized spacial score (nSPS) is 10.8. The minimum Gasteiger partial charge on any atom is -0.488 e. The van der Waals surface area contributed by atoms with Gasteiger partial charge in [0.1, 0.15) is 18.2 Å². The van der Waals surface area contributed by atoms with Gasteiger partial charge >= 0.3 is 6.03 Å². The zero-order valence-corrected chi connectivity index (χ0v) is 22.5. The average molecular weight is 553 g/mol. The Bertz CT molecular complexity index is 1420. The third kappa shape index (κ3) is 7.02. The molecule has 0 aliphatic carbocycles. The summed E-state index contributed by atoms with van der Waals surface area (Å²) >= 11 is 7.76. The number of nitrogens with one attached hydrogen (secondary N) is 1. The molecule has 0 radical (unpaired) electrons. The number of rotatable bonds is 9. The molecule has 3 N–H and O–H groups in total. The number of nitrogens with two attached hydrogens (primary N) is 1. The first-order valence-electron chi connectivity index (χ1n) is 11.9. The van der Waals surface area contributed by atoms with Crippen LogP contribution in [0.15, 0.2) is 60.8 Å². The molecule has 0 bridgehead atoms. The number of thiophene rings is 1. The van der Waals surface area contributed by atoms with Gasteiger partial charge in [0.25, 0.3) is 0 Å². The molecule has 4 rings (SSSR count). The summed E-state index contributed by atoms with van der Waals surface area (Å²) in [5.41, 5.74) is 7.74. The molecule has 0 spiro atoms. The van der Waals surface area contributed by atoms with Crippen LogP contribution in [-0.4, -0.2) is 29.9 Å². The summed E-state index contributed by atoms with van der Waals surface area (Å²) in [6.45, 7) is 4.08. The number of carbonyl (C=O) groups excluding carboxylic acids is 2. The van der Waals surface area contributed by atoms with Gasteiger partial charge in [-0.3, -0.25) is 9.69 Å². The standard InChI is InChI=1S/C28H29ClN4O3S.CH4/c1-17(2)32-28(35)33(3)20-6-8-21(9-7-20)36-16-26-23(29)15-25(37-26)24(34)11-5-18-4-10-22-19(14-18)12-13-31-27(22)30;/h4,6-10,12-15,17H,5,11,16H2,1-3H3,(H2,30,31)(H,32,35);1H4. The molecule has 200 valence electrons. The maximum absolute atomic E-state index is 12.8. The number of halogens is 1. The molecule has 7 nitrogen and oxygen atoms in total. The number of ether oxygens (including phenoxy) is 1. The van der Waals surface area contributed by atoms with Crippen molar-refractivity contribution in [3.05, 3.63) is 81.1 Å². The minimum absolute atomic E-state index is 0. The fourth-order valence-electron chi connectivity index (χ4n) is 3.81. The van der Waals surface area contributed by atoms with E-state index in [0.29, 0.717) is 34.3 Å². The van der Waals surface area contributed by atoms with Crippen molar-refractivity contribution in [3.63, 3.8) is 0 Å². The number of aryl methyl sites for hydroxylation is 1. The summed E-state index contributed by atoms with van der Waals surface area (Å²) in [7, 11) is 1.71. The van der Waals surface area contributed by atoms with E-state index in [1.165, 1.54) is 11.3 Å². The van der Waals surface area contributed by atoms with Gasteiger partial charge in [0.15, 0.2) is 5.78 Å². The second-order valence-electron chi connectivity index (χ2n) is 9.00. The zero-order chi connectivity index (χ0) is 26.5. The lowest BCUT2D eigenvalue weighted by Gasteiger charge is -2.20. The fraction of sp³-hybridized carbons (Fsp3) is 0.276. The third-order valence-electron chi connectivity index (χ3n) is 5.84. The molecule has 4 aromatic rings. The Morgan fingerprint density at radius 3 is 2.58 bits per heavy atom. The molecule has 0 saturated carbocycles. The first-order chi connectivity index (χ1) is 17.7. The lowest BCUT2D eigenvalue weighted by atomic mass is 10.0. The van der Waals surface area contributed by atoms with E-state index in [1.54, 1.807) is 36.3 Å². The summed E-state index contributed by atoms with van der Waals surface area (Å²) in [5.74, 6) is 1.19. The van der Waals surface area contributed by atoms with E-state index in [4.69, 9.17) is 22.1 Å². The van der Waals surface area contributed by atoms with Crippen LogP contribution in [0.4, 0.5) is 16.3 Å². The molecular weight excluding hydrogens is 520 g/mol. The molecule has 0 atom stereocenters. The maximum atomic E-state index is 12.8. The van der Waals surface area contributed by atoms with Crippen LogP contribution in [0.3, 0.4) is 0 Å². The number of fused-ring (bicyclic) bond motifs is 1. The van der Waals surface area contributed by atoms with Gasteiger partial charge in [0, 0.05) is 36.8 Å². The smallest absolute Gasteiger partial charge is 0.321 e. The Balaban J connectivity index is 0.00000400. The number of benzene rings is 2. The highest BCUT2D eigenvalue weighted by Gasteiger charge is 2.15. The first-order valence-corrected chi connectivity index (χ1v) is 13.1. The van der Waals surface area contributed by atoms with Gasteiger partial charge in [-0.15, -0.1) is 11.3 Å². The number of anilines is 2. The maximum Gasteiger partial charge on any atom is 0.321 e. The average Bonchev–Trinajstić information content (AvgIpc) is 3.26. The first kappa shape index (κ1) is 28.9. The van der Waals surface area contributed by atoms with Crippen molar-refractivity contribution in [2.45, 2.75) is 46.8 Å². The number of pyridine rings is 1. The molecule has 9 heteroatoms. The van der Waals surface area contributed by atoms with Crippen molar-refractivity contribution in [2.24, 2.45) is 0 Å². The Hall–Kier alpha value is -3.62. The van der Waals surface area contributed by atoms with Crippen LogP contribution >= 0.6 is 22.9 Å². The number of hydrogen-bond acceptors (Lipinski definition) is 6. The molecular formula is C29H33ClN4O3S. The summed E-state index contributed by atoms with van der Waals surface area (Å²) in [6.07, 6.45) is 2.68. The van der Waals surface area contributed by atoms with Crippen LogP contribution in [0.25, 0.3) is 10.8 Å². The zero-order valence-electron chi connectivity index (χ0n) is 21.0. The van der Waals surface area contributed by atoms with Crippen molar-refractivity contribution < 1.29 is 14.3 Å². The second-order valence-corrected chi connectivity index (χ2v) is 10.5. The van der Waals surface area contributed by atoms with Crippen LogP contribution in [0.1, 0.15) is 47.8 Å². The van der Waals surface area contributed by atoms with Crippen molar-refractivity contribution in [1.82, 2.24) is 10.3 Å². The van der Waals surface area contributed by atoms with Gasteiger partial charge in [0.2, 0.25) is 0 Å². The van der Waals surface area contributed by atoms with E-state index in [9.17, 15) is 9.59 Å². The molecule has 2 aromatic heterocycles. The van der Waals surface area contributed by atoms with E-state index in [1.807, 2.05) is 50.2 Å². The number of urea groups is 1. The van der Waals surface area contributed by atoms with Gasteiger partial charge in [-0.1, -0.05) is 37.2 Å². The molecule has 0 fully saturated rings. The highest BCUT2D eigenvalue weighted by molar-refractivity contribution is 7.14. The summed E-state index contributed by atoms with van der Waals surface area (Å²) in [5, 5.41) is 5.29. The van der Waals surface area contributed by atoms with Gasteiger partial charge in [-0.2, -0.15) is 0 Å². The Labute approximate surface area is 232 Å². The Morgan fingerprint density at radius 2 is 1.87 bits per heavy atom. The molecule has 2 aromatic carbocycles. The number of nitrogens with zero attached hydrogens (tertiary/aromatic N) is 2. The minimum atomic E-state index is -0.172. The van der Waals surface area contributed by atoms with Gasteiger partial charge in [-0.25, -0.2) is 9.78 Å². The molecule has 0 aliphatic rings. The van der Waals surface area contributed by atoms with Crippen LogP contribution in [0.2, 0.25) is 5.02 Å². The molecule has 2 heterocycles. The molecule has 2 amide bonds. The molecule has 0 saturated heterocycles. The number of hydrogen-bond donors (Lipinski definition) is 2.